The normalized spacial score (nSPS) is 17.8. The molecule has 0 saturated heterocycles. The van der Waals surface area contributed by atoms with Gasteiger partial charge in [0.2, 0.25) is 0 Å². The first kappa shape index (κ1) is 11.0. The molecule has 1 rings (SSSR count). The highest BCUT2D eigenvalue weighted by atomic mass is 15.1. The number of hydrogen-bond acceptors (Lipinski definition) is 2. The van der Waals surface area contributed by atoms with Gasteiger partial charge in [0.1, 0.15) is 0 Å². The fourth-order valence-electron chi connectivity index (χ4n) is 1.90. The molecule has 0 aromatic carbocycles. The predicted molar refractivity (Wildman–Crippen MR) is 58.0 cm³/mol. The van der Waals surface area contributed by atoms with E-state index in [0.29, 0.717) is 0 Å². The zero-order chi connectivity index (χ0) is 9.52. The molecule has 0 aliphatic heterocycles. The van der Waals surface area contributed by atoms with E-state index in [0.717, 1.165) is 12.5 Å². The van der Waals surface area contributed by atoms with Gasteiger partial charge in [0.05, 0.1) is 0 Å². The molecule has 0 amide bonds. The lowest BCUT2D eigenvalue weighted by molar-refractivity contribution is 0.182. The SMILES string of the molecule is CCN(CCCNC)CC1CCC1. The van der Waals surface area contributed by atoms with Crippen molar-refractivity contribution in [2.24, 2.45) is 5.92 Å². The summed E-state index contributed by atoms with van der Waals surface area (Å²) >= 11 is 0. The first-order valence-electron chi connectivity index (χ1n) is 5.73. The summed E-state index contributed by atoms with van der Waals surface area (Å²) in [5, 5.41) is 3.20. The molecule has 0 radical (unpaired) electrons. The third-order valence-electron chi connectivity index (χ3n) is 3.09. The van der Waals surface area contributed by atoms with E-state index in [9.17, 15) is 0 Å². The van der Waals surface area contributed by atoms with Gasteiger partial charge in [-0.15, -0.1) is 0 Å². The lowest BCUT2D eigenvalue weighted by Crippen LogP contribution is -2.34. The maximum Gasteiger partial charge on any atom is 0.000955 e. The summed E-state index contributed by atoms with van der Waals surface area (Å²) in [5.41, 5.74) is 0. The van der Waals surface area contributed by atoms with Crippen molar-refractivity contribution >= 4 is 0 Å². The van der Waals surface area contributed by atoms with Crippen LogP contribution in [0.5, 0.6) is 0 Å². The topological polar surface area (TPSA) is 15.3 Å². The van der Waals surface area contributed by atoms with Crippen LogP contribution in [0.25, 0.3) is 0 Å². The molecule has 0 spiro atoms. The van der Waals surface area contributed by atoms with Gasteiger partial charge in [0.15, 0.2) is 0 Å². The Morgan fingerprint density at radius 3 is 2.62 bits per heavy atom. The summed E-state index contributed by atoms with van der Waals surface area (Å²) in [6, 6.07) is 0. The summed E-state index contributed by atoms with van der Waals surface area (Å²) in [6.07, 6.45) is 5.71. The van der Waals surface area contributed by atoms with E-state index in [4.69, 9.17) is 0 Å². The Morgan fingerprint density at radius 1 is 1.38 bits per heavy atom. The van der Waals surface area contributed by atoms with Crippen LogP contribution in [-0.2, 0) is 0 Å². The monoisotopic (exact) mass is 184 g/mol. The molecule has 2 heteroatoms. The average Bonchev–Trinajstić information content (AvgIpc) is 2.08. The first-order chi connectivity index (χ1) is 6.36. The molecule has 0 unspecified atom stereocenters. The molecule has 0 atom stereocenters. The zero-order valence-corrected chi connectivity index (χ0v) is 9.18. The summed E-state index contributed by atoms with van der Waals surface area (Å²) in [5.74, 6) is 1.02. The van der Waals surface area contributed by atoms with Crippen molar-refractivity contribution in [2.45, 2.75) is 32.6 Å². The molecule has 0 aromatic heterocycles. The molecule has 78 valence electrons. The van der Waals surface area contributed by atoms with Crippen LogP contribution in [0.3, 0.4) is 0 Å². The number of nitrogens with one attached hydrogen (secondary N) is 1. The van der Waals surface area contributed by atoms with Crippen molar-refractivity contribution in [1.29, 1.82) is 0 Å². The standard InChI is InChI=1S/C11H24N2/c1-3-13(9-5-8-12-2)10-11-6-4-7-11/h11-12H,3-10H2,1-2H3. The quantitative estimate of drug-likeness (QED) is 0.606. The van der Waals surface area contributed by atoms with Crippen LogP contribution >= 0.6 is 0 Å². The largest absolute Gasteiger partial charge is 0.320 e. The van der Waals surface area contributed by atoms with Crippen LogP contribution in [-0.4, -0.2) is 38.1 Å². The zero-order valence-electron chi connectivity index (χ0n) is 9.18. The van der Waals surface area contributed by atoms with Gasteiger partial charge in [-0.25, -0.2) is 0 Å². The van der Waals surface area contributed by atoms with Crippen molar-refractivity contribution in [1.82, 2.24) is 10.2 Å². The Bertz CT molecular complexity index is 121. The second-order valence-electron chi connectivity index (χ2n) is 4.15. The molecular formula is C11H24N2. The van der Waals surface area contributed by atoms with Crippen LogP contribution in [0.4, 0.5) is 0 Å². The Kier molecular flexibility index (Phi) is 5.40. The minimum Gasteiger partial charge on any atom is -0.320 e. The lowest BCUT2D eigenvalue weighted by Gasteiger charge is -2.31. The van der Waals surface area contributed by atoms with Gasteiger partial charge in [-0.1, -0.05) is 13.3 Å². The fourth-order valence-corrected chi connectivity index (χ4v) is 1.90. The first-order valence-corrected chi connectivity index (χ1v) is 5.73. The molecule has 1 aliphatic rings. The molecule has 1 saturated carbocycles. The smallest absolute Gasteiger partial charge is 0.000955 e. The number of rotatable bonds is 7. The molecule has 1 fully saturated rings. The van der Waals surface area contributed by atoms with Gasteiger partial charge in [-0.3, -0.25) is 0 Å². The Morgan fingerprint density at radius 2 is 2.15 bits per heavy atom. The second kappa shape index (κ2) is 6.39. The second-order valence-corrected chi connectivity index (χ2v) is 4.15. The highest BCUT2D eigenvalue weighted by molar-refractivity contribution is 4.73. The maximum atomic E-state index is 3.20. The highest BCUT2D eigenvalue weighted by Gasteiger charge is 2.19. The minimum atomic E-state index is 1.02. The highest BCUT2D eigenvalue weighted by Crippen LogP contribution is 2.26. The van der Waals surface area contributed by atoms with Crippen LogP contribution < -0.4 is 5.32 Å². The van der Waals surface area contributed by atoms with Crippen LogP contribution in [0, 0.1) is 5.92 Å². The van der Waals surface area contributed by atoms with E-state index in [2.05, 4.69) is 17.1 Å². The molecule has 2 nitrogen and oxygen atoms in total. The maximum absolute atomic E-state index is 3.20. The molecule has 13 heavy (non-hydrogen) atoms. The van der Waals surface area contributed by atoms with Crippen molar-refractivity contribution in [3.05, 3.63) is 0 Å². The summed E-state index contributed by atoms with van der Waals surface area (Å²) in [6.45, 7) is 7.27. The van der Waals surface area contributed by atoms with Gasteiger partial charge >= 0.3 is 0 Å². The van der Waals surface area contributed by atoms with E-state index >= 15 is 0 Å². The van der Waals surface area contributed by atoms with Crippen molar-refractivity contribution in [3.63, 3.8) is 0 Å². The van der Waals surface area contributed by atoms with Crippen molar-refractivity contribution in [3.8, 4) is 0 Å². The number of nitrogens with zero attached hydrogens (tertiary/aromatic N) is 1. The summed E-state index contributed by atoms with van der Waals surface area (Å²) < 4.78 is 0. The van der Waals surface area contributed by atoms with E-state index in [1.165, 1.54) is 45.3 Å². The molecule has 0 heterocycles. The van der Waals surface area contributed by atoms with E-state index in [-0.39, 0.29) is 0 Å². The van der Waals surface area contributed by atoms with E-state index < -0.39 is 0 Å². The molecule has 1 N–H and O–H groups in total. The third kappa shape index (κ3) is 4.10. The van der Waals surface area contributed by atoms with Crippen molar-refractivity contribution in [2.75, 3.05) is 33.2 Å². The summed E-state index contributed by atoms with van der Waals surface area (Å²) in [7, 11) is 2.03. The molecule has 1 aliphatic carbocycles. The Balaban J connectivity index is 2.03. The lowest BCUT2D eigenvalue weighted by atomic mass is 9.85. The van der Waals surface area contributed by atoms with E-state index in [1.807, 2.05) is 7.05 Å². The Labute approximate surface area is 82.7 Å². The van der Waals surface area contributed by atoms with Gasteiger partial charge in [-0.2, -0.15) is 0 Å². The fraction of sp³-hybridized carbons (Fsp3) is 1.00. The summed E-state index contributed by atoms with van der Waals surface area (Å²) in [4.78, 5) is 2.60. The van der Waals surface area contributed by atoms with Crippen LogP contribution in [0.2, 0.25) is 0 Å². The number of hydrogen-bond donors (Lipinski definition) is 1. The Hall–Kier alpha value is -0.0800. The predicted octanol–water partition coefficient (Wildman–Crippen LogP) is 1.72. The minimum absolute atomic E-state index is 1.02. The molecule has 0 bridgehead atoms. The van der Waals surface area contributed by atoms with Gasteiger partial charge < -0.3 is 10.2 Å². The molecule has 0 aromatic rings. The molecular weight excluding hydrogens is 160 g/mol. The van der Waals surface area contributed by atoms with Gasteiger partial charge in [0, 0.05) is 6.54 Å². The van der Waals surface area contributed by atoms with Gasteiger partial charge in [0.25, 0.3) is 0 Å². The van der Waals surface area contributed by atoms with Crippen LogP contribution in [0.15, 0.2) is 0 Å². The van der Waals surface area contributed by atoms with Crippen LogP contribution in [0.1, 0.15) is 32.6 Å². The van der Waals surface area contributed by atoms with E-state index in [1.54, 1.807) is 0 Å². The average molecular weight is 184 g/mol. The van der Waals surface area contributed by atoms with Crippen molar-refractivity contribution < 1.29 is 0 Å². The van der Waals surface area contributed by atoms with Gasteiger partial charge in [-0.05, 0) is 51.9 Å². The third-order valence-corrected chi connectivity index (χ3v) is 3.09.